The monoisotopic (exact) mass is 322 g/mol. The molecular formula is C19H22N4O. The molecule has 124 valence electrons. The second-order valence-corrected chi connectivity index (χ2v) is 6.36. The third kappa shape index (κ3) is 3.18. The standard InChI is InChI=1S/C19H22N4O/c1-14-6-7-16(12-15(14)2)18-17(13-23(21-18)11-5-8-20)19(24)22-9-3-4-10-22/h6-7,12-13H,3-5,9-11H2,1-2H3. The second kappa shape index (κ2) is 6.88. The van der Waals surface area contributed by atoms with Crippen molar-refractivity contribution in [3.05, 3.63) is 41.1 Å². The molecular weight excluding hydrogens is 300 g/mol. The number of nitrogens with zero attached hydrogens (tertiary/aromatic N) is 4. The van der Waals surface area contributed by atoms with Crippen LogP contribution >= 0.6 is 0 Å². The smallest absolute Gasteiger partial charge is 0.257 e. The fraction of sp³-hybridized carbons (Fsp3) is 0.421. The Morgan fingerprint density at radius 1 is 1.25 bits per heavy atom. The molecule has 2 heterocycles. The minimum atomic E-state index is 0.0453. The largest absolute Gasteiger partial charge is 0.339 e. The van der Waals surface area contributed by atoms with Gasteiger partial charge in [0.15, 0.2) is 0 Å². The van der Waals surface area contributed by atoms with Gasteiger partial charge in [0.05, 0.1) is 24.6 Å². The first-order valence-corrected chi connectivity index (χ1v) is 8.41. The van der Waals surface area contributed by atoms with E-state index in [4.69, 9.17) is 5.26 Å². The maximum absolute atomic E-state index is 12.9. The summed E-state index contributed by atoms with van der Waals surface area (Å²) in [5, 5.41) is 13.4. The molecule has 1 aliphatic heterocycles. The minimum Gasteiger partial charge on any atom is -0.339 e. The van der Waals surface area contributed by atoms with E-state index in [-0.39, 0.29) is 5.91 Å². The van der Waals surface area contributed by atoms with Gasteiger partial charge in [0.1, 0.15) is 5.69 Å². The molecule has 1 amide bonds. The van der Waals surface area contributed by atoms with Crippen LogP contribution in [0.25, 0.3) is 11.3 Å². The lowest BCUT2D eigenvalue weighted by molar-refractivity contribution is 0.0793. The molecule has 0 atom stereocenters. The normalized spacial score (nSPS) is 14.0. The summed E-state index contributed by atoms with van der Waals surface area (Å²) in [7, 11) is 0. The third-order valence-corrected chi connectivity index (χ3v) is 4.62. The van der Waals surface area contributed by atoms with E-state index < -0.39 is 0 Å². The molecule has 1 saturated heterocycles. The van der Waals surface area contributed by atoms with E-state index in [1.807, 2.05) is 11.0 Å². The number of carbonyl (C=O) groups excluding carboxylic acids is 1. The Bertz CT molecular complexity index is 794. The van der Waals surface area contributed by atoms with Crippen LogP contribution in [0.5, 0.6) is 0 Å². The lowest BCUT2D eigenvalue weighted by Gasteiger charge is -2.15. The molecule has 0 aliphatic carbocycles. The van der Waals surface area contributed by atoms with Crippen LogP contribution in [0.4, 0.5) is 0 Å². The Labute approximate surface area is 142 Å². The number of amides is 1. The molecule has 0 N–H and O–H groups in total. The van der Waals surface area contributed by atoms with Gasteiger partial charge in [0, 0.05) is 24.8 Å². The predicted molar refractivity (Wildman–Crippen MR) is 92.5 cm³/mol. The van der Waals surface area contributed by atoms with Crippen LogP contribution in [-0.2, 0) is 6.54 Å². The lowest BCUT2D eigenvalue weighted by Crippen LogP contribution is -2.27. The Morgan fingerprint density at radius 3 is 2.67 bits per heavy atom. The van der Waals surface area contributed by atoms with E-state index in [2.05, 4.69) is 37.1 Å². The van der Waals surface area contributed by atoms with E-state index in [0.29, 0.717) is 24.2 Å². The van der Waals surface area contributed by atoms with E-state index in [0.717, 1.165) is 31.5 Å². The molecule has 0 saturated carbocycles. The van der Waals surface area contributed by atoms with Crippen molar-refractivity contribution in [3.8, 4) is 17.3 Å². The Hall–Kier alpha value is -2.61. The van der Waals surface area contributed by atoms with Gasteiger partial charge < -0.3 is 4.90 Å². The summed E-state index contributed by atoms with van der Waals surface area (Å²) in [6, 6.07) is 8.28. The number of aromatic nitrogens is 2. The molecule has 5 nitrogen and oxygen atoms in total. The summed E-state index contributed by atoms with van der Waals surface area (Å²) in [4.78, 5) is 14.8. The maximum atomic E-state index is 12.9. The number of carbonyl (C=O) groups is 1. The van der Waals surface area contributed by atoms with Gasteiger partial charge in [0.2, 0.25) is 0 Å². The highest BCUT2D eigenvalue weighted by Gasteiger charge is 2.25. The molecule has 1 aromatic heterocycles. The molecule has 0 spiro atoms. The Kier molecular flexibility index (Phi) is 4.66. The summed E-state index contributed by atoms with van der Waals surface area (Å²) in [6.07, 6.45) is 4.30. The summed E-state index contributed by atoms with van der Waals surface area (Å²) in [5.41, 5.74) is 4.70. The molecule has 3 rings (SSSR count). The van der Waals surface area contributed by atoms with Crippen molar-refractivity contribution < 1.29 is 4.79 Å². The molecule has 1 aliphatic rings. The first-order valence-electron chi connectivity index (χ1n) is 8.41. The van der Waals surface area contributed by atoms with E-state index in [9.17, 15) is 4.79 Å². The fourth-order valence-corrected chi connectivity index (χ4v) is 3.05. The van der Waals surface area contributed by atoms with Crippen LogP contribution in [0, 0.1) is 25.2 Å². The summed E-state index contributed by atoms with van der Waals surface area (Å²) in [6.45, 7) is 6.26. The molecule has 0 bridgehead atoms. The third-order valence-electron chi connectivity index (χ3n) is 4.62. The van der Waals surface area contributed by atoms with Crippen LogP contribution in [0.2, 0.25) is 0 Å². The topological polar surface area (TPSA) is 61.9 Å². The number of likely N-dealkylation sites (tertiary alicyclic amines) is 1. The first-order chi connectivity index (χ1) is 11.6. The highest BCUT2D eigenvalue weighted by atomic mass is 16.2. The zero-order chi connectivity index (χ0) is 17.1. The molecule has 5 heteroatoms. The number of hydrogen-bond donors (Lipinski definition) is 0. The van der Waals surface area contributed by atoms with Crippen LogP contribution in [-0.4, -0.2) is 33.7 Å². The van der Waals surface area contributed by atoms with Gasteiger partial charge >= 0.3 is 0 Å². The van der Waals surface area contributed by atoms with Crippen molar-refractivity contribution in [2.75, 3.05) is 13.1 Å². The number of aryl methyl sites for hydroxylation is 3. The van der Waals surface area contributed by atoms with Crippen molar-refractivity contribution in [1.29, 1.82) is 5.26 Å². The van der Waals surface area contributed by atoms with Crippen molar-refractivity contribution in [1.82, 2.24) is 14.7 Å². The van der Waals surface area contributed by atoms with Gasteiger partial charge in [-0.05, 0) is 43.9 Å². The highest BCUT2D eigenvalue weighted by molar-refractivity contribution is 6.00. The number of benzene rings is 1. The van der Waals surface area contributed by atoms with Crippen molar-refractivity contribution in [2.24, 2.45) is 0 Å². The van der Waals surface area contributed by atoms with Crippen molar-refractivity contribution in [2.45, 2.75) is 39.7 Å². The Morgan fingerprint density at radius 2 is 2.00 bits per heavy atom. The molecule has 24 heavy (non-hydrogen) atoms. The van der Waals surface area contributed by atoms with Gasteiger partial charge in [-0.2, -0.15) is 10.4 Å². The van der Waals surface area contributed by atoms with E-state index in [1.165, 1.54) is 11.1 Å². The minimum absolute atomic E-state index is 0.0453. The molecule has 2 aromatic rings. The number of nitriles is 1. The number of rotatable bonds is 4. The number of hydrogen-bond acceptors (Lipinski definition) is 3. The van der Waals surface area contributed by atoms with Gasteiger partial charge in [-0.15, -0.1) is 0 Å². The van der Waals surface area contributed by atoms with Gasteiger partial charge in [0.25, 0.3) is 5.91 Å². The predicted octanol–water partition coefficient (Wildman–Crippen LogP) is 3.32. The first kappa shape index (κ1) is 16.3. The van der Waals surface area contributed by atoms with Gasteiger partial charge in [-0.1, -0.05) is 12.1 Å². The average molecular weight is 322 g/mol. The zero-order valence-electron chi connectivity index (χ0n) is 14.2. The van der Waals surface area contributed by atoms with E-state index in [1.54, 1.807) is 10.9 Å². The Balaban J connectivity index is 2.01. The lowest BCUT2D eigenvalue weighted by atomic mass is 10.0. The SMILES string of the molecule is Cc1ccc(-c2nn(CCC#N)cc2C(=O)N2CCCC2)cc1C. The molecule has 1 fully saturated rings. The zero-order valence-corrected chi connectivity index (χ0v) is 14.2. The fourth-order valence-electron chi connectivity index (χ4n) is 3.05. The summed E-state index contributed by atoms with van der Waals surface area (Å²) >= 11 is 0. The highest BCUT2D eigenvalue weighted by Crippen LogP contribution is 2.26. The maximum Gasteiger partial charge on any atom is 0.257 e. The quantitative estimate of drug-likeness (QED) is 0.867. The van der Waals surface area contributed by atoms with Crippen LogP contribution in [0.15, 0.2) is 24.4 Å². The van der Waals surface area contributed by atoms with Crippen molar-refractivity contribution >= 4 is 5.91 Å². The van der Waals surface area contributed by atoms with Gasteiger partial charge in [-0.3, -0.25) is 9.48 Å². The summed E-state index contributed by atoms with van der Waals surface area (Å²) < 4.78 is 1.72. The summed E-state index contributed by atoms with van der Waals surface area (Å²) in [5.74, 6) is 0.0453. The van der Waals surface area contributed by atoms with Crippen LogP contribution in [0.3, 0.4) is 0 Å². The molecule has 1 aromatic carbocycles. The van der Waals surface area contributed by atoms with E-state index >= 15 is 0 Å². The van der Waals surface area contributed by atoms with Crippen LogP contribution < -0.4 is 0 Å². The van der Waals surface area contributed by atoms with Gasteiger partial charge in [-0.25, -0.2) is 0 Å². The molecule has 0 unspecified atom stereocenters. The average Bonchev–Trinajstić information content (AvgIpc) is 3.24. The molecule has 0 radical (unpaired) electrons. The van der Waals surface area contributed by atoms with Crippen molar-refractivity contribution in [3.63, 3.8) is 0 Å². The van der Waals surface area contributed by atoms with Crippen LogP contribution in [0.1, 0.15) is 40.7 Å². The second-order valence-electron chi connectivity index (χ2n) is 6.36.